The molecular formula is C12H17N3. The molecule has 2 heterocycles. The molecule has 15 heavy (non-hydrogen) atoms. The number of hydrogen-bond acceptors (Lipinski definition) is 2. The lowest BCUT2D eigenvalue weighted by Gasteiger charge is -2.14. The lowest BCUT2D eigenvalue weighted by molar-refractivity contribution is 0.564. The zero-order valence-corrected chi connectivity index (χ0v) is 9.73. The first kappa shape index (κ1) is 10.1. The molecule has 0 atom stereocenters. The predicted octanol–water partition coefficient (Wildman–Crippen LogP) is 3.14. The summed E-state index contributed by atoms with van der Waals surface area (Å²) in [4.78, 5) is 8.74. The summed E-state index contributed by atoms with van der Waals surface area (Å²) in [6.45, 7) is 8.72. The Hall–Kier alpha value is -1.38. The third-order valence-electron chi connectivity index (χ3n) is 2.55. The molecule has 0 aliphatic rings. The molecule has 2 aromatic heterocycles. The van der Waals surface area contributed by atoms with Gasteiger partial charge in [0.25, 0.3) is 0 Å². The van der Waals surface area contributed by atoms with Crippen LogP contribution in [0.2, 0.25) is 0 Å². The summed E-state index contributed by atoms with van der Waals surface area (Å²) in [6, 6.07) is 2.48. The van der Waals surface area contributed by atoms with Gasteiger partial charge in [0.05, 0.1) is 11.7 Å². The van der Waals surface area contributed by atoms with Crippen molar-refractivity contribution in [2.24, 2.45) is 0 Å². The predicted molar refractivity (Wildman–Crippen MR) is 62.0 cm³/mol. The van der Waals surface area contributed by atoms with Crippen LogP contribution >= 0.6 is 0 Å². The van der Waals surface area contributed by atoms with Crippen molar-refractivity contribution in [1.82, 2.24) is 14.5 Å². The molecule has 0 amide bonds. The molecule has 0 saturated heterocycles. The van der Waals surface area contributed by atoms with Crippen LogP contribution in [0.1, 0.15) is 45.5 Å². The molecule has 0 saturated carbocycles. The monoisotopic (exact) mass is 203 g/mol. The summed E-state index contributed by atoms with van der Waals surface area (Å²) in [5, 5.41) is 0. The average Bonchev–Trinajstić information content (AvgIpc) is 2.56. The van der Waals surface area contributed by atoms with Crippen LogP contribution in [0.4, 0.5) is 0 Å². The van der Waals surface area contributed by atoms with E-state index in [4.69, 9.17) is 0 Å². The van der Waals surface area contributed by atoms with Gasteiger partial charge in [-0.1, -0.05) is 13.8 Å². The number of rotatable bonds is 2. The SMILES string of the molecule is CC(C)c1nc2cnccc2n1C(C)C. The first-order chi connectivity index (χ1) is 7.11. The standard InChI is InChI=1S/C12H17N3/c1-8(2)12-14-10-7-13-6-5-11(10)15(12)9(3)4/h5-9H,1-4H3. The largest absolute Gasteiger partial charge is 0.325 e. The first-order valence-corrected chi connectivity index (χ1v) is 5.43. The summed E-state index contributed by atoms with van der Waals surface area (Å²) in [5.41, 5.74) is 2.18. The highest BCUT2D eigenvalue weighted by molar-refractivity contribution is 5.75. The van der Waals surface area contributed by atoms with Crippen molar-refractivity contribution in [3.05, 3.63) is 24.3 Å². The third kappa shape index (κ3) is 1.62. The molecule has 3 nitrogen and oxygen atoms in total. The van der Waals surface area contributed by atoms with E-state index in [9.17, 15) is 0 Å². The Labute approximate surface area is 90.2 Å². The van der Waals surface area contributed by atoms with Crippen molar-refractivity contribution in [3.63, 3.8) is 0 Å². The van der Waals surface area contributed by atoms with Crippen LogP contribution in [0, 0.1) is 0 Å². The number of pyridine rings is 1. The molecule has 0 radical (unpaired) electrons. The molecule has 2 aromatic rings. The highest BCUT2D eigenvalue weighted by Gasteiger charge is 2.15. The Morgan fingerprint density at radius 3 is 2.53 bits per heavy atom. The van der Waals surface area contributed by atoms with Crippen molar-refractivity contribution in [2.45, 2.75) is 39.7 Å². The second kappa shape index (κ2) is 3.65. The Kier molecular flexibility index (Phi) is 2.47. The van der Waals surface area contributed by atoms with Crippen molar-refractivity contribution < 1.29 is 0 Å². The van der Waals surface area contributed by atoms with Gasteiger partial charge in [-0.3, -0.25) is 4.98 Å². The minimum absolute atomic E-state index is 0.440. The van der Waals surface area contributed by atoms with Gasteiger partial charge >= 0.3 is 0 Å². The van der Waals surface area contributed by atoms with Crippen LogP contribution in [-0.2, 0) is 0 Å². The van der Waals surface area contributed by atoms with E-state index in [2.05, 4.69) is 42.2 Å². The first-order valence-electron chi connectivity index (χ1n) is 5.43. The molecule has 0 spiro atoms. The Morgan fingerprint density at radius 2 is 1.93 bits per heavy atom. The summed E-state index contributed by atoms with van der Waals surface area (Å²) in [5.74, 6) is 1.59. The minimum atomic E-state index is 0.440. The van der Waals surface area contributed by atoms with Crippen molar-refractivity contribution in [2.75, 3.05) is 0 Å². The number of aromatic nitrogens is 3. The van der Waals surface area contributed by atoms with Crippen LogP contribution in [0.15, 0.2) is 18.5 Å². The number of fused-ring (bicyclic) bond motifs is 1. The molecule has 0 aromatic carbocycles. The van der Waals surface area contributed by atoms with Crippen molar-refractivity contribution in [1.29, 1.82) is 0 Å². The zero-order chi connectivity index (χ0) is 11.0. The molecule has 0 unspecified atom stereocenters. The van der Waals surface area contributed by atoms with E-state index in [0.717, 1.165) is 11.3 Å². The Balaban J connectivity index is 2.75. The summed E-state index contributed by atoms with van der Waals surface area (Å²) < 4.78 is 2.29. The van der Waals surface area contributed by atoms with Crippen molar-refractivity contribution in [3.8, 4) is 0 Å². The Bertz CT molecular complexity index is 469. The van der Waals surface area contributed by atoms with Gasteiger partial charge in [-0.15, -0.1) is 0 Å². The quantitative estimate of drug-likeness (QED) is 0.750. The lowest BCUT2D eigenvalue weighted by Crippen LogP contribution is -2.07. The molecule has 0 N–H and O–H groups in total. The van der Waals surface area contributed by atoms with Gasteiger partial charge in [0.2, 0.25) is 0 Å². The van der Waals surface area contributed by atoms with Gasteiger partial charge in [0.15, 0.2) is 0 Å². The highest BCUT2D eigenvalue weighted by Crippen LogP contribution is 2.24. The molecule has 0 bridgehead atoms. The smallest absolute Gasteiger partial charge is 0.112 e. The zero-order valence-electron chi connectivity index (χ0n) is 9.73. The highest BCUT2D eigenvalue weighted by atomic mass is 15.1. The van der Waals surface area contributed by atoms with Crippen LogP contribution < -0.4 is 0 Å². The molecule has 80 valence electrons. The normalized spacial score (nSPS) is 11.9. The number of hydrogen-bond donors (Lipinski definition) is 0. The fourth-order valence-corrected chi connectivity index (χ4v) is 1.92. The van der Waals surface area contributed by atoms with Gasteiger partial charge in [-0.25, -0.2) is 4.98 Å². The van der Waals surface area contributed by atoms with E-state index in [1.54, 1.807) is 0 Å². The minimum Gasteiger partial charge on any atom is -0.325 e. The van der Waals surface area contributed by atoms with Gasteiger partial charge in [-0.05, 0) is 19.9 Å². The maximum absolute atomic E-state index is 4.63. The molecule has 0 fully saturated rings. The molecule has 0 aliphatic carbocycles. The summed E-state index contributed by atoms with van der Waals surface area (Å²) >= 11 is 0. The fraction of sp³-hybridized carbons (Fsp3) is 0.500. The topological polar surface area (TPSA) is 30.7 Å². The van der Waals surface area contributed by atoms with Gasteiger partial charge in [0, 0.05) is 18.2 Å². The summed E-state index contributed by atoms with van der Waals surface area (Å²) in [7, 11) is 0. The van der Waals surface area contributed by atoms with Crippen LogP contribution in [-0.4, -0.2) is 14.5 Å². The fourth-order valence-electron chi connectivity index (χ4n) is 1.92. The van der Waals surface area contributed by atoms with E-state index >= 15 is 0 Å². The molecule has 2 rings (SSSR count). The second-order valence-corrected chi connectivity index (χ2v) is 4.45. The molecule has 0 aliphatic heterocycles. The van der Waals surface area contributed by atoms with Crippen LogP contribution in [0.3, 0.4) is 0 Å². The van der Waals surface area contributed by atoms with Crippen molar-refractivity contribution >= 4 is 11.0 Å². The number of nitrogens with zero attached hydrogens (tertiary/aromatic N) is 3. The maximum Gasteiger partial charge on any atom is 0.112 e. The molecule has 3 heteroatoms. The second-order valence-electron chi connectivity index (χ2n) is 4.45. The maximum atomic E-state index is 4.63. The van der Waals surface area contributed by atoms with E-state index in [-0.39, 0.29) is 0 Å². The number of imidazole rings is 1. The molecular weight excluding hydrogens is 186 g/mol. The van der Waals surface area contributed by atoms with Gasteiger partial charge < -0.3 is 4.57 Å². The van der Waals surface area contributed by atoms with E-state index in [1.807, 2.05) is 18.5 Å². The average molecular weight is 203 g/mol. The van der Waals surface area contributed by atoms with Gasteiger partial charge in [-0.2, -0.15) is 0 Å². The van der Waals surface area contributed by atoms with E-state index in [1.165, 1.54) is 5.52 Å². The lowest BCUT2D eigenvalue weighted by atomic mass is 10.2. The summed E-state index contributed by atoms with van der Waals surface area (Å²) in [6.07, 6.45) is 3.66. The third-order valence-corrected chi connectivity index (χ3v) is 2.55. The van der Waals surface area contributed by atoms with Gasteiger partial charge in [0.1, 0.15) is 11.3 Å². The Morgan fingerprint density at radius 1 is 1.20 bits per heavy atom. The van der Waals surface area contributed by atoms with Crippen LogP contribution in [0.25, 0.3) is 11.0 Å². The van der Waals surface area contributed by atoms with E-state index in [0.29, 0.717) is 12.0 Å². The van der Waals surface area contributed by atoms with Crippen LogP contribution in [0.5, 0.6) is 0 Å². The van der Waals surface area contributed by atoms with E-state index < -0.39 is 0 Å².